The van der Waals surface area contributed by atoms with Crippen molar-refractivity contribution in [3.63, 3.8) is 0 Å². The van der Waals surface area contributed by atoms with Gasteiger partial charge in [-0.15, -0.1) is 0 Å². The molecule has 0 fully saturated rings. The predicted octanol–water partition coefficient (Wildman–Crippen LogP) is 4.36. The van der Waals surface area contributed by atoms with Crippen LogP contribution in [0.25, 0.3) is 0 Å². The molecule has 0 heterocycles. The first-order chi connectivity index (χ1) is 16.0. The molecule has 1 amide bonds. The molecule has 184 valence electrons. The molecule has 2 N–H and O–H groups in total. The minimum Gasteiger partial charge on any atom is -0.481 e. The van der Waals surface area contributed by atoms with E-state index in [4.69, 9.17) is 0 Å². The monoisotopic (exact) mass is 485 g/mol. The average Bonchev–Trinajstić information content (AvgIpc) is 2.82. The summed E-state index contributed by atoms with van der Waals surface area (Å²) in [6, 6.07) is 7.39. The van der Waals surface area contributed by atoms with Gasteiger partial charge in [0.2, 0.25) is 11.7 Å². The van der Waals surface area contributed by atoms with Crippen LogP contribution in [0.2, 0.25) is 0 Å². The van der Waals surface area contributed by atoms with E-state index in [9.17, 15) is 41.4 Å². The topological polar surface area (TPSA) is 83.5 Å². The lowest BCUT2D eigenvalue weighted by Gasteiger charge is -2.25. The molecule has 5 nitrogen and oxygen atoms in total. The molecule has 10 heteroatoms. The number of carbonyl (C=O) groups excluding carboxylic acids is 2. The van der Waals surface area contributed by atoms with Crippen molar-refractivity contribution in [2.45, 2.75) is 45.6 Å². The maximum absolute atomic E-state index is 13.9. The first-order valence-electron chi connectivity index (χ1n) is 10.6. The van der Waals surface area contributed by atoms with Crippen molar-refractivity contribution in [2.24, 2.45) is 11.8 Å². The Morgan fingerprint density at radius 1 is 0.912 bits per heavy atom. The van der Waals surface area contributed by atoms with Crippen molar-refractivity contribution in [3.05, 3.63) is 70.5 Å². The quantitative estimate of drug-likeness (QED) is 0.282. The van der Waals surface area contributed by atoms with Crippen LogP contribution in [-0.4, -0.2) is 28.8 Å². The second-order valence-corrected chi connectivity index (χ2v) is 8.05. The van der Waals surface area contributed by atoms with Crippen LogP contribution in [0.5, 0.6) is 0 Å². The summed E-state index contributed by atoms with van der Waals surface area (Å²) in [6.45, 7) is 3.31. The number of nitrogens with one attached hydrogen (secondary N) is 1. The highest BCUT2D eigenvalue weighted by molar-refractivity contribution is 5.92. The van der Waals surface area contributed by atoms with Crippen molar-refractivity contribution in [1.82, 2.24) is 5.32 Å². The molecule has 0 aliphatic heterocycles. The van der Waals surface area contributed by atoms with Gasteiger partial charge in [0.25, 0.3) is 0 Å². The number of amides is 1. The van der Waals surface area contributed by atoms with Crippen molar-refractivity contribution >= 4 is 17.7 Å². The molecule has 3 atom stereocenters. The molecule has 0 aromatic heterocycles. The van der Waals surface area contributed by atoms with Crippen LogP contribution in [0.3, 0.4) is 0 Å². The number of benzene rings is 2. The molecule has 2 aromatic rings. The van der Waals surface area contributed by atoms with Crippen LogP contribution >= 0.6 is 0 Å². The average molecular weight is 485 g/mol. The minimum atomic E-state index is -2.34. The molecule has 0 saturated carbocycles. The van der Waals surface area contributed by atoms with Gasteiger partial charge in [0, 0.05) is 12.0 Å². The number of Topliss-reactive ketones (excluding diaryl/α,β-unsaturated/α-hetero) is 1. The molecule has 0 bridgehead atoms. The van der Waals surface area contributed by atoms with Crippen molar-refractivity contribution in [1.29, 1.82) is 0 Å². The van der Waals surface area contributed by atoms with Crippen LogP contribution < -0.4 is 5.32 Å². The van der Waals surface area contributed by atoms with E-state index in [1.165, 1.54) is 0 Å². The Bertz CT molecular complexity index is 1030. The zero-order valence-corrected chi connectivity index (χ0v) is 18.5. The predicted molar refractivity (Wildman–Crippen MR) is 112 cm³/mol. The zero-order chi connectivity index (χ0) is 25.6. The van der Waals surface area contributed by atoms with Gasteiger partial charge in [-0.3, -0.25) is 14.4 Å². The van der Waals surface area contributed by atoms with Crippen molar-refractivity contribution in [2.75, 3.05) is 0 Å². The number of halogens is 5. The summed E-state index contributed by atoms with van der Waals surface area (Å²) < 4.78 is 67.9. The van der Waals surface area contributed by atoms with Crippen molar-refractivity contribution in [3.8, 4) is 0 Å². The summed E-state index contributed by atoms with van der Waals surface area (Å²) in [4.78, 5) is 37.1. The normalized spacial score (nSPS) is 13.7. The van der Waals surface area contributed by atoms with E-state index in [2.05, 4.69) is 5.32 Å². The van der Waals surface area contributed by atoms with Gasteiger partial charge in [0.15, 0.2) is 29.1 Å². The third-order valence-electron chi connectivity index (χ3n) is 5.64. The zero-order valence-electron chi connectivity index (χ0n) is 18.5. The Hall–Kier alpha value is -3.30. The van der Waals surface area contributed by atoms with Gasteiger partial charge in [0.1, 0.15) is 0 Å². The Morgan fingerprint density at radius 3 is 1.94 bits per heavy atom. The summed E-state index contributed by atoms with van der Waals surface area (Å²) in [5.41, 5.74) is -0.630. The number of hydrogen-bond donors (Lipinski definition) is 2. The van der Waals surface area contributed by atoms with E-state index >= 15 is 0 Å². The standard InChI is InChI=1S/C24H24F5NO4/c1-3-12(2)23(16(31)10-14(24(33)34)9-13-7-5-4-6-8-13)30-17(32)11-15-18(25)20(27)22(29)21(28)19(15)26/h4-8,12,14,23H,3,9-11H2,1-2H3,(H,30,32)(H,33,34)/t12?,14-,23+/m1/s1. The fraction of sp³-hybridized carbons (Fsp3) is 0.375. The van der Waals surface area contributed by atoms with Gasteiger partial charge in [-0.2, -0.15) is 0 Å². The highest BCUT2D eigenvalue weighted by Gasteiger charge is 2.32. The number of rotatable bonds is 11. The number of carbonyl (C=O) groups is 3. The third kappa shape index (κ3) is 6.39. The minimum absolute atomic E-state index is 0.0631. The third-order valence-corrected chi connectivity index (χ3v) is 5.64. The van der Waals surface area contributed by atoms with Crippen LogP contribution in [0.15, 0.2) is 30.3 Å². The largest absolute Gasteiger partial charge is 0.481 e. The van der Waals surface area contributed by atoms with E-state index in [0.717, 1.165) is 0 Å². The van der Waals surface area contributed by atoms with Gasteiger partial charge >= 0.3 is 5.97 Å². The van der Waals surface area contributed by atoms with Crippen LogP contribution in [0, 0.1) is 40.9 Å². The first kappa shape index (κ1) is 26.9. The smallest absolute Gasteiger partial charge is 0.307 e. The molecule has 0 spiro atoms. The van der Waals surface area contributed by atoms with E-state index in [1.54, 1.807) is 44.2 Å². The SMILES string of the molecule is CCC(C)[C@H](NC(=O)Cc1c(F)c(F)c(F)c(F)c1F)C(=O)C[C@@H](Cc1ccccc1)C(=O)O. The Kier molecular flexibility index (Phi) is 9.28. The summed E-state index contributed by atoms with van der Waals surface area (Å²) in [7, 11) is 0. The van der Waals surface area contributed by atoms with Gasteiger partial charge in [-0.25, -0.2) is 22.0 Å². The van der Waals surface area contributed by atoms with Crippen LogP contribution in [-0.2, 0) is 27.2 Å². The number of carboxylic acid groups (broad SMARTS) is 1. The Labute approximate surface area is 193 Å². The van der Waals surface area contributed by atoms with Gasteiger partial charge in [-0.05, 0) is 17.9 Å². The first-order valence-corrected chi connectivity index (χ1v) is 10.6. The fourth-order valence-electron chi connectivity index (χ4n) is 3.48. The molecule has 2 aromatic carbocycles. The summed E-state index contributed by atoms with van der Waals surface area (Å²) >= 11 is 0. The summed E-state index contributed by atoms with van der Waals surface area (Å²) in [5.74, 6) is -15.5. The van der Waals surface area contributed by atoms with Crippen molar-refractivity contribution < 1.29 is 41.4 Å². The number of hydrogen-bond acceptors (Lipinski definition) is 3. The molecule has 0 aliphatic rings. The number of carboxylic acids is 1. The maximum atomic E-state index is 13.9. The van der Waals surface area contributed by atoms with E-state index in [-0.39, 0.29) is 6.42 Å². The number of aliphatic carboxylic acids is 1. The Morgan fingerprint density at radius 2 is 1.44 bits per heavy atom. The van der Waals surface area contributed by atoms with Crippen LogP contribution in [0.4, 0.5) is 22.0 Å². The summed E-state index contributed by atoms with van der Waals surface area (Å²) in [6.07, 6.45) is -1.18. The van der Waals surface area contributed by atoms with E-state index in [0.29, 0.717) is 12.0 Å². The highest BCUT2D eigenvalue weighted by Crippen LogP contribution is 2.24. The lowest BCUT2D eigenvalue weighted by atomic mass is 9.87. The molecule has 2 rings (SSSR count). The molecular formula is C24H24F5NO4. The van der Waals surface area contributed by atoms with Gasteiger partial charge in [-0.1, -0.05) is 50.6 Å². The molecule has 0 aliphatic carbocycles. The van der Waals surface area contributed by atoms with Crippen LogP contribution in [0.1, 0.15) is 37.8 Å². The molecule has 1 unspecified atom stereocenters. The molecule has 34 heavy (non-hydrogen) atoms. The lowest BCUT2D eigenvalue weighted by Crippen LogP contribution is -2.46. The summed E-state index contributed by atoms with van der Waals surface area (Å²) in [5, 5.41) is 11.8. The molecular weight excluding hydrogens is 461 g/mol. The second kappa shape index (κ2) is 11.7. The second-order valence-electron chi connectivity index (χ2n) is 8.05. The molecule has 0 saturated heterocycles. The fourth-order valence-corrected chi connectivity index (χ4v) is 3.48. The van der Waals surface area contributed by atoms with E-state index in [1.807, 2.05) is 0 Å². The molecule has 0 radical (unpaired) electrons. The van der Waals surface area contributed by atoms with E-state index < -0.39 is 83.0 Å². The maximum Gasteiger partial charge on any atom is 0.307 e. The lowest BCUT2D eigenvalue weighted by molar-refractivity contribution is -0.144. The highest BCUT2D eigenvalue weighted by atomic mass is 19.2. The van der Waals surface area contributed by atoms with Gasteiger partial charge < -0.3 is 10.4 Å². The Balaban J connectivity index is 2.20. The number of ketones is 1. The van der Waals surface area contributed by atoms with Gasteiger partial charge in [0.05, 0.1) is 18.4 Å².